The van der Waals surface area contributed by atoms with Crippen molar-refractivity contribution in [2.75, 3.05) is 20.1 Å². The van der Waals surface area contributed by atoms with Gasteiger partial charge >= 0.3 is 0 Å². The third kappa shape index (κ3) is 2.78. The van der Waals surface area contributed by atoms with Gasteiger partial charge in [-0.2, -0.15) is 0 Å². The Morgan fingerprint density at radius 3 is 2.44 bits per heavy atom. The number of hydrogen-bond acceptors (Lipinski definition) is 2. The fourth-order valence-corrected chi connectivity index (χ4v) is 2.85. The van der Waals surface area contributed by atoms with Gasteiger partial charge in [0.2, 0.25) is 0 Å². The van der Waals surface area contributed by atoms with E-state index >= 15 is 0 Å². The molecule has 2 atom stereocenters. The molecule has 1 N–H and O–H groups in total. The number of nitrogens with zero attached hydrogens (tertiary/aromatic N) is 1. The van der Waals surface area contributed by atoms with Crippen LogP contribution in [0.2, 0.25) is 0 Å². The molecule has 0 saturated carbocycles. The lowest BCUT2D eigenvalue weighted by atomic mass is 9.84. The molecule has 1 aliphatic heterocycles. The Morgan fingerprint density at radius 1 is 1.38 bits per heavy atom. The Hall–Kier alpha value is -0.520. The van der Waals surface area contributed by atoms with Crippen LogP contribution >= 0.6 is 0 Å². The average Bonchev–Trinajstić information content (AvgIpc) is 2.36. The fourth-order valence-electron chi connectivity index (χ4n) is 2.85. The molecule has 0 spiro atoms. The molecule has 16 heavy (non-hydrogen) atoms. The number of terminal acetylenes is 1. The largest absolute Gasteiger partial charge is 0.314 e. The van der Waals surface area contributed by atoms with E-state index in [1.807, 2.05) is 7.05 Å². The molecule has 0 radical (unpaired) electrons. The summed E-state index contributed by atoms with van der Waals surface area (Å²) in [7, 11) is 2.03. The quantitative estimate of drug-likeness (QED) is 0.718. The smallest absolute Gasteiger partial charge is 0.0356 e. The van der Waals surface area contributed by atoms with Crippen molar-refractivity contribution in [3.05, 3.63) is 0 Å². The van der Waals surface area contributed by atoms with Crippen molar-refractivity contribution in [3.63, 3.8) is 0 Å². The van der Waals surface area contributed by atoms with Gasteiger partial charge < -0.3 is 5.32 Å². The molecule has 0 aromatic carbocycles. The van der Waals surface area contributed by atoms with Gasteiger partial charge in [-0.3, -0.25) is 4.90 Å². The highest BCUT2D eigenvalue weighted by atomic mass is 15.2. The second-order valence-corrected chi connectivity index (χ2v) is 5.01. The van der Waals surface area contributed by atoms with Crippen molar-refractivity contribution in [1.82, 2.24) is 10.2 Å². The first-order valence-electron chi connectivity index (χ1n) is 6.54. The van der Waals surface area contributed by atoms with E-state index in [1.54, 1.807) is 0 Å². The van der Waals surface area contributed by atoms with E-state index in [2.05, 4.69) is 30.0 Å². The minimum atomic E-state index is 0.210. The minimum Gasteiger partial charge on any atom is -0.314 e. The van der Waals surface area contributed by atoms with E-state index in [9.17, 15) is 0 Å². The molecule has 0 aliphatic carbocycles. The maximum absolute atomic E-state index is 5.48. The van der Waals surface area contributed by atoms with Crippen LogP contribution in [0.25, 0.3) is 0 Å². The Kier molecular flexibility index (Phi) is 5.31. The SMILES string of the molecule is C#CCC(NC)C(C)(CC)N1CCCCC1. The van der Waals surface area contributed by atoms with Crippen LogP contribution < -0.4 is 5.32 Å². The molecular formula is C14H26N2. The first kappa shape index (κ1) is 13.5. The van der Waals surface area contributed by atoms with E-state index in [0.29, 0.717) is 6.04 Å². The summed E-state index contributed by atoms with van der Waals surface area (Å²) in [5, 5.41) is 3.41. The third-order valence-corrected chi connectivity index (χ3v) is 4.22. The number of likely N-dealkylation sites (tertiary alicyclic amines) is 1. The van der Waals surface area contributed by atoms with Crippen molar-refractivity contribution < 1.29 is 0 Å². The summed E-state index contributed by atoms with van der Waals surface area (Å²) in [5.41, 5.74) is 0.210. The lowest BCUT2D eigenvalue weighted by Crippen LogP contribution is -2.59. The van der Waals surface area contributed by atoms with Crippen LogP contribution in [0.5, 0.6) is 0 Å². The summed E-state index contributed by atoms with van der Waals surface area (Å²) in [4.78, 5) is 2.63. The predicted molar refractivity (Wildman–Crippen MR) is 70.4 cm³/mol. The topological polar surface area (TPSA) is 15.3 Å². The van der Waals surface area contributed by atoms with Crippen molar-refractivity contribution in [1.29, 1.82) is 0 Å². The number of rotatable bonds is 5. The van der Waals surface area contributed by atoms with E-state index in [-0.39, 0.29) is 5.54 Å². The van der Waals surface area contributed by atoms with Gasteiger partial charge in [0.1, 0.15) is 0 Å². The van der Waals surface area contributed by atoms with Gasteiger partial charge in [-0.15, -0.1) is 12.3 Å². The molecule has 1 aliphatic rings. The van der Waals surface area contributed by atoms with Crippen LogP contribution in [0.1, 0.15) is 46.0 Å². The molecule has 0 bridgehead atoms. The predicted octanol–water partition coefficient (Wildman–Crippen LogP) is 2.25. The van der Waals surface area contributed by atoms with E-state index in [0.717, 1.165) is 12.8 Å². The molecule has 2 unspecified atom stereocenters. The second kappa shape index (κ2) is 6.27. The molecule has 2 nitrogen and oxygen atoms in total. The van der Waals surface area contributed by atoms with Crippen molar-refractivity contribution >= 4 is 0 Å². The van der Waals surface area contributed by atoms with Gasteiger partial charge in [-0.05, 0) is 46.3 Å². The number of nitrogens with one attached hydrogen (secondary N) is 1. The molecule has 0 aromatic rings. The fraction of sp³-hybridized carbons (Fsp3) is 0.857. The number of likely N-dealkylation sites (N-methyl/N-ethyl adjacent to an activating group) is 1. The molecule has 2 heteroatoms. The van der Waals surface area contributed by atoms with Crippen LogP contribution in [0.4, 0.5) is 0 Å². The lowest BCUT2D eigenvalue weighted by Gasteiger charge is -2.47. The van der Waals surface area contributed by atoms with Gasteiger partial charge in [-0.25, -0.2) is 0 Å². The van der Waals surface area contributed by atoms with Gasteiger partial charge in [0, 0.05) is 18.0 Å². The zero-order valence-electron chi connectivity index (χ0n) is 11.1. The number of piperidine rings is 1. The van der Waals surface area contributed by atoms with E-state index in [1.165, 1.54) is 32.4 Å². The summed E-state index contributed by atoms with van der Waals surface area (Å²) < 4.78 is 0. The Labute approximate surface area is 101 Å². The second-order valence-electron chi connectivity index (χ2n) is 5.01. The van der Waals surface area contributed by atoms with Crippen LogP contribution in [0, 0.1) is 12.3 Å². The van der Waals surface area contributed by atoms with Crippen molar-refractivity contribution in [3.8, 4) is 12.3 Å². The lowest BCUT2D eigenvalue weighted by molar-refractivity contribution is 0.0467. The van der Waals surface area contributed by atoms with Crippen molar-refractivity contribution in [2.24, 2.45) is 0 Å². The maximum atomic E-state index is 5.48. The highest BCUT2D eigenvalue weighted by molar-refractivity contribution is 5.02. The molecule has 92 valence electrons. The van der Waals surface area contributed by atoms with Crippen molar-refractivity contribution in [2.45, 2.75) is 57.5 Å². The monoisotopic (exact) mass is 222 g/mol. The minimum absolute atomic E-state index is 0.210. The van der Waals surface area contributed by atoms with E-state index in [4.69, 9.17) is 6.42 Å². The van der Waals surface area contributed by atoms with Gasteiger partial charge in [0.05, 0.1) is 0 Å². The molecule has 0 aromatic heterocycles. The van der Waals surface area contributed by atoms with Crippen LogP contribution in [-0.4, -0.2) is 36.6 Å². The highest BCUT2D eigenvalue weighted by Crippen LogP contribution is 2.28. The van der Waals surface area contributed by atoms with Gasteiger partial charge in [0.25, 0.3) is 0 Å². The molecule has 1 rings (SSSR count). The molecule has 1 saturated heterocycles. The maximum Gasteiger partial charge on any atom is 0.0356 e. The third-order valence-electron chi connectivity index (χ3n) is 4.22. The summed E-state index contributed by atoms with van der Waals surface area (Å²) >= 11 is 0. The summed E-state index contributed by atoms with van der Waals surface area (Å²) in [6.45, 7) is 7.09. The standard InChI is InChI=1S/C14H26N2/c1-5-10-13(15-4)14(3,6-2)16-11-8-7-9-12-16/h1,13,15H,6-12H2,2-4H3. The zero-order valence-corrected chi connectivity index (χ0v) is 11.1. The Morgan fingerprint density at radius 2 is 2.00 bits per heavy atom. The molecular weight excluding hydrogens is 196 g/mol. The normalized spacial score (nSPS) is 23.4. The summed E-state index contributed by atoms with van der Waals surface area (Å²) in [6, 6.07) is 0.403. The average molecular weight is 222 g/mol. The highest BCUT2D eigenvalue weighted by Gasteiger charge is 2.37. The molecule has 0 amide bonds. The summed E-state index contributed by atoms with van der Waals surface area (Å²) in [5.74, 6) is 2.81. The Bertz CT molecular complexity index is 238. The van der Waals surface area contributed by atoms with Gasteiger partial charge in [0.15, 0.2) is 0 Å². The van der Waals surface area contributed by atoms with Crippen LogP contribution in [-0.2, 0) is 0 Å². The zero-order chi connectivity index (χ0) is 12.0. The Balaban J connectivity index is 2.76. The molecule has 1 heterocycles. The summed E-state index contributed by atoms with van der Waals surface area (Å²) in [6.07, 6.45) is 11.5. The van der Waals surface area contributed by atoms with Crippen LogP contribution in [0.15, 0.2) is 0 Å². The molecule has 1 fully saturated rings. The first-order valence-corrected chi connectivity index (χ1v) is 6.54. The number of hydrogen-bond donors (Lipinski definition) is 1. The van der Waals surface area contributed by atoms with E-state index < -0.39 is 0 Å². The first-order chi connectivity index (χ1) is 7.69. The van der Waals surface area contributed by atoms with Crippen LogP contribution in [0.3, 0.4) is 0 Å². The van der Waals surface area contributed by atoms with Gasteiger partial charge in [-0.1, -0.05) is 13.3 Å².